The van der Waals surface area contributed by atoms with Crippen molar-refractivity contribution in [2.75, 3.05) is 0 Å². The number of rotatable bonds is 4. The Kier molecular flexibility index (Phi) is 3.32. The van der Waals surface area contributed by atoms with Crippen LogP contribution in [0.25, 0.3) is 10.9 Å². The van der Waals surface area contributed by atoms with Crippen LogP contribution in [0, 0.1) is 0 Å². The van der Waals surface area contributed by atoms with Gasteiger partial charge >= 0.3 is 5.97 Å². The molecule has 0 bridgehead atoms. The van der Waals surface area contributed by atoms with Crippen LogP contribution in [0.3, 0.4) is 0 Å². The monoisotopic (exact) mass is 247 g/mol. The number of carbonyl (C=O) groups is 2. The number of benzene rings is 1. The van der Waals surface area contributed by atoms with Crippen molar-refractivity contribution in [1.82, 2.24) is 4.98 Å². The largest absolute Gasteiger partial charge is 0.427 e. The van der Waals surface area contributed by atoms with E-state index < -0.39 is 5.97 Å². The molecular weight excluding hydrogens is 234 g/mol. The summed E-state index contributed by atoms with van der Waals surface area (Å²) in [6, 6.07) is 5.14. The lowest BCUT2D eigenvalue weighted by molar-refractivity contribution is -0.131. The third-order valence-electron chi connectivity index (χ3n) is 2.58. The molecule has 0 aliphatic heterocycles. The summed E-state index contributed by atoms with van der Waals surface area (Å²) in [4.78, 5) is 24.6. The predicted molar refractivity (Wildman–Crippen MR) is 65.7 cm³/mol. The van der Waals surface area contributed by atoms with Crippen LogP contribution in [0.4, 0.5) is 0 Å². The minimum absolute atomic E-state index is 0.389. The standard InChI is InChI=1S/C13H13NO4/c1-3-11-13(17-7-15)10-6-9(18-8(2)16)4-5-12(10)14-11/h4-7,14H,3H2,1-2H3. The van der Waals surface area contributed by atoms with E-state index in [1.807, 2.05) is 6.92 Å². The van der Waals surface area contributed by atoms with Crippen molar-refractivity contribution in [2.45, 2.75) is 20.3 Å². The highest BCUT2D eigenvalue weighted by molar-refractivity contribution is 5.90. The van der Waals surface area contributed by atoms with Crippen LogP contribution >= 0.6 is 0 Å². The minimum atomic E-state index is -0.390. The van der Waals surface area contributed by atoms with Crippen LogP contribution in [0.1, 0.15) is 19.5 Å². The van der Waals surface area contributed by atoms with Gasteiger partial charge in [0.1, 0.15) is 5.75 Å². The highest BCUT2D eigenvalue weighted by Crippen LogP contribution is 2.32. The summed E-state index contributed by atoms with van der Waals surface area (Å²) in [5.41, 5.74) is 1.66. The molecule has 0 atom stereocenters. The second kappa shape index (κ2) is 4.91. The molecule has 1 N–H and O–H groups in total. The van der Waals surface area contributed by atoms with E-state index in [4.69, 9.17) is 9.47 Å². The molecule has 0 spiro atoms. The number of nitrogens with one attached hydrogen (secondary N) is 1. The molecule has 0 saturated heterocycles. The van der Waals surface area contributed by atoms with Gasteiger partial charge in [0.05, 0.1) is 5.69 Å². The first-order chi connectivity index (χ1) is 8.65. The Morgan fingerprint density at radius 2 is 2.22 bits per heavy atom. The summed E-state index contributed by atoms with van der Waals surface area (Å²) < 4.78 is 9.99. The number of aromatic nitrogens is 1. The van der Waals surface area contributed by atoms with Crippen molar-refractivity contribution < 1.29 is 19.1 Å². The lowest BCUT2D eigenvalue weighted by atomic mass is 10.2. The fourth-order valence-corrected chi connectivity index (χ4v) is 1.86. The molecule has 2 aromatic rings. The Bertz CT molecular complexity index is 600. The first-order valence-electron chi connectivity index (χ1n) is 5.59. The Labute approximate surface area is 104 Å². The van der Waals surface area contributed by atoms with Gasteiger partial charge in [0, 0.05) is 17.8 Å². The molecule has 94 valence electrons. The molecule has 5 nitrogen and oxygen atoms in total. The summed E-state index contributed by atoms with van der Waals surface area (Å²) >= 11 is 0. The summed E-state index contributed by atoms with van der Waals surface area (Å²) in [7, 11) is 0. The lowest BCUT2D eigenvalue weighted by Crippen LogP contribution is -2.00. The number of esters is 1. The van der Waals surface area contributed by atoms with Gasteiger partial charge in [-0.15, -0.1) is 0 Å². The molecule has 0 radical (unpaired) electrons. The van der Waals surface area contributed by atoms with Crippen molar-refractivity contribution in [2.24, 2.45) is 0 Å². The van der Waals surface area contributed by atoms with Gasteiger partial charge in [-0.2, -0.15) is 0 Å². The zero-order valence-corrected chi connectivity index (χ0v) is 10.1. The van der Waals surface area contributed by atoms with E-state index in [2.05, 4.69) is 4.98 Å². The molecule has 5 heteroatoms. The number of aryl methyl sites for hydroxylation is 1. The SMILES string of the molecule is CCc1[nH]c2ccc(OC(C)=O)cc2c1OC=O. The van der Waals surface area contributed by atoms with Crippen LogP contribution in [-0.4, -0.2) is 17.4 Å². The van der Waals surface area contributed by atoms with E-state index in [-0.39, 0.29) is 0 Å². The smallest absolute Gasteiger partial charge is 0.308 e. The van der Waals surface area contributed by atoms with Crippen LogP contribution < -0.4 is 9.47 Å². The number of carbonyl (C=O) groups excluding carboxylic acids is 2. The number of hydrogen-bond acceptors (Lipinski definition) is 4. The normalized spacial score (nSPS) is 10.3. The predicted octanol–water partition coefficient (Wildman–Crippen LogP) is 2.19. The van der Waals surface area contributed by atoms with Crippen LogP contribution in [-0.2, 0) is 16.0 Å². The third kappa shape index (κ3) is 2.20. The Morgan fingerprint density at radius 1 is 1.44 bits per heavy atom. The molecule has 0 aliphatic rings. The van der Waals surface area contributed by atoms with E-state index >= 15 is 0 Å². The maximum absolute atomic E-state index is 10.9. The summed E-state index contributed by atoms with van der Waals surface area (Å²) in [6.07, 6.45) is 0.709. The number of ether oxygens (including phenoxy) is 2. The highest BCUT2D eigenvalue weighted by Gasteiger charge is 2.13. The van der Waals surface area contributed by atoms with Crippen LogP contribution in [0.2, 0.25) is 0 Å². The first kappa shape index (κ1) is 12.2. The van der Waals surface area contributed by atoms with Crippen LogP contribution in [0.15, 0.2) is 18.2 Å². The van der Waals surface area contributed by atoms with Crippen molar-refractivity contribution in [1.29, 1.82) is 0 Å². The van der Waals surface area contributed by atoms with E-state index in [9.17, 15) is 9.59 Å². The molecule has 0 fully saturated rings. The van der Waals surface area contributed by atoms with Gasteiger partial charge < -0.3 is 14.5 Å². The second-order valence-corrected chi connectivity index (χ2v) is 3.80. The van der Waals surface area contributed by atoms with Gasteiger partial charge in [-0.3, -0.25) is 9.59 Å². The molecule has 0 amide bonds. The molecule has 0 aliphatic carbocycles. The maximum atomic E-state index is 10.9. The Morgan fingerprint density at radius 3 is 2.83 bits per heavy atom. The van der Waals surface area contributed by atoms with Crippen molar-refractivity contribution in [3.05, 3.63) is 23.9 Å². The molecular formula is C13H13NO4. The zero-order chi connectivity index (χ0) is 13.1. The van der Waals surface area contributed by atoms with Gasteiger partial charge in [0.2, 0.25) is 0 Å². The van der Waals surface area contributed by atoms with Crippen molar-refractivity contribution in [3.63, 3.8) is 0 Å². The number of aromatic amines is 1. The van der Waals surface area contributed by atoms with Crippen molar-refractivity contribution >= 4 is 23.3 Å². The van der Waals surface area contributed by atoms with Gasteiger partial charge in [-0.05, 0) is 24.6 Å². The summed E-state index contributed by atoms with van der Waals surface area (Å²) in [6.45, 7) is 3.68. The summed E-state index contributed by atoms with van der Waals surface area (Å²) in [5, 5.41) is 0.720. The average Bonchev–Trinajstić information content (AvgIpc) is 2.67. The molecule has 0 saturated carbocycles. The van der Waals surface area contributed by atoms with E-state index in [1.54, 1.807) is 18.2 Å². The molecule has 2 rings (SSSR count). The lowest BCUT2D eigenvalue weighted by Gasteiger charge is -2.02. The minimum Gasteiger partial charge on any atom is -0.427 e. The van der Waals surface area contributed by atoms with E-state index in [0.29, 0.717) is 24.4 Å². The van der Waals surface area contributed by atoms with E-state index in [0.717, 1.165) is 16.6 Å². The number of H-pyrrole nitrogens is 1. The second-order valence-electron chi connectivity index (χ2n) is 3.80. The molecule has 1 aromatic heterocycles. The van der Waals surface area contributed by atoms with Crippen molar-refractivity contribution in [3.8, 4) is 11.5 Å². The van der Waals surface area contributed by atoms with E-state index in [1.165, 1.54) is 6.92 Å². The highest BCUT2D eigenvalue weighted by atomic mass is 16.5. The van der Waals surface area contributed by atoms with Gasteiger partial charge in [0.25, 0.3) is 6.47 Å². The summed E-state index contributed by atoms with van der Waals surface area (Å²) in [5.74, 6) is 0.516. The maximum Gasteiger partial charge on any atom is 0.308 e. The topological polar surface area (TPSA) is 68.4 Å². The van der Waals surface area contributed by atoms with Gasteiger partial charge in [0.15, 0.2) is 5.75 Å². The van der Waals surface area contributed by atoms with Crippen LogP contribution in [0.5, 0.6) is 11.5 Å². The first-order valence-corrected chi connectivity index (χ1v) is 5.59. The fourth-order valence-electron chi connectivity index (χ4n) is 1.86. The zero-order valence-electron chi connectivity index (χ0n) is 10.1. The molecule has 1 aromatic carbocycles. The molecule has 0 unspecified atom stereocenters. The third-order valence-corrected chi connectivity index (χ3v) is 2.58. The Hall–Kier alpha value is -2.30. The molecule has 18 heavy (non-hydrogen) atoms. The number of fused-ring (bicyclic) bond motifs is 1. The molecule has 1 heterocycles. The Balaban J connectivity index is 2.55. The number of hydrogen-bond donors (Lipinski definition) is 1. The quantitative estimate of drug-likeness (QED) is 0.511. The van der Waals surface area contributed by atoms with Gasteiger partial charge in [-0.25, -0.2) is 0 Å². The average molecular weight is 247 g/mol. The van der Waals surface area contributed by atoms with Gasteiger partial charge in [-0.1, -0.05) is 6.92 Å². The fraction of sp³-hybridized carbons (Fsp3) is 0.231.